The number of ether oxygens (including phenoxy) is 1. The molecule has 1 N–H and O–H groups in total. The maximum absolute atomic E-state index is 5.49. The molecule has 3 nitrogen and oxygen atoms in total. The summed E-state index contributed by atoms with van der Waals surface area (Å²) in [7, 11) is 0. The van der Waals surface area contributed by atoms with Crippen molar-refractivity contribution in [2.45, 2.75) is 45.1 Å². The van der Waals surface area contributed by atoms with E-state index in [1.54, 1.807) is 0 Å². The summed E-state index contributed by atoms with van der Waals surface area (Å²) in [5.41, 5.74) is 0.414. The molecule has 0 amide bonds. The number of rotatable bonds is 5. The Morgan fingerprint density at radius 2 is 2.12 bits per heavy atom. The maximum atomic E-state index is 5.49. The lowest BCUT2D eigenvalue weighted by atomic mass is 9.90. The highest BCUT2D eigenvalue weighted by Crippen LogP contribution is 2.32. The SMILES string of the molecule is CCCNCC1CCN(C2(C)CCOCC2)C1. The predicted molar refractivity (Wildman–Crippen MR) is 71.3 cm³/mol. The molecular formula is C14H28N2O. The van der Waals surface area contributed by atoms with Gasteiger partial charge < -0.3 is 10.1 Å². The summed E-state index contributed by atoms with van der Waals surface area (Å²) in [5.74, 6) is 0.862. The molecule has 0 spiro atoms. The van der Waals surface area contributed by atoms with Crippen molar-refractivity contribution in [3.63, 3.8) is 0 Å². The molecule has 3 heteroatoms. The van der Waals surface area contributed by atoms with Gasteiger partial charge in [0.05, 0.1) is 0 Å². The number of likely N-dealkylation sites (tertiary alicyclic amines) is 1. The zero-order chi connectivity index (χ0) is 12.1. The van der Waals surface area contributed by atoms with Gasteiger partial charge in [0.25, 0.3) is 0 Å². The molecule has 0 saturated carbocycles. The van der Waals surface area contributed by atoms with Crippen LogP contribution in [0, 0.1) is 5.92 Å². The van der Waals surface area contributed by atoms with Crippen molar-refractivity contribution in [1.82, 2.24) is 10.2 Å². The minimum absolute atomic E-state index is 0.414. The quantitative estimate of drug-likeness (QED) is 0.743. The number of hydrogen-bond acceptors (Lipinski definition) is 3. The van der Waals surface area contributed by atoms with Crippen LogP contribution >= 0.6 is 0 Å². The average molecular weight is 240 g/mol. The van der Waals surface area contributed by atoms with Gasteiger partial charge >= 0.3 is 0 Å². The fourth-order valence-electron chi connectivity index (χ4n) is 3.10. The van der Waals surface area contributed by atoms with Crippen molar-refractivity contribution < 1.29 is 4.74 Å². The Balaban J connectivity index is 1.76. The molecule has 0 aliphatic carbocycles. The minimum Gasteiger partial charge on any atom is -0.381 e. The second-order valence-electron chi connectivity index (χ2n) is 5.91. The summed E-state index contributed by atoms with van der Waals surface area (Å²) in [6, 6.07) is 0. The molecule has 2 rings (SSSR count). The van der Waals surface area contributed by atoms with Crippen LogP contribution in [0.25, 0.3) is 0 Å². The van der Waals surface area contributed by atoms with Crippen molar-refractivity contribution in [1.29, 1.82) is 0 Å². The smallest absolute Gasteiger partial charge is 0.0483 e. The fraction of sp³-hybridized carbons (Fsp3) is 1.00. The first-order valence-corrected chi connectivity index (χ1v) is 7.28. The lowest BCUT2D eigenvalue weighted by Gasteiger charge is -2.42. The predicted octanol–water partition coefficient (Wildman–Crippen LogP) is 1.88. The summed E-state index contributed by atoms with van der Waals surface area (Å²) in [5, 5.41) is 3.56. The third kappa shape index (κ3) is 3.43. The molecule has 2 fully saturated rings. The van der Waals surface area contributed by atoms with E-state index in [2.05, 4.69) is 24.1 Å². The van der Waals surface area contributed by atoms with Gasteiger partial charge in [-0.05, 0) is 58.2 Å². The monoisotopic (exact) mass is 240 g/mol. The van der Waals surface area contributed by atoms with Crippen LogP contribution in [0.2, 0.25) is 0 Å². The molecule has 2 heterocycles. The van der Waals surface area contributed by atoms with Crippen LogP contribution in [0.1, 0.15) is 39.5 Å². The van der Waals surface area contributed by atoms with Crippen LogP contribution in [-0.4, -0.2) is 49.8 Å². The largest absolute Gasteiger partial charge is 0.381 e. The molecule has 1 atom stereocenters. The lowest BCUT2D eigenvalue weighted by molar-refractivity contribution is -0.0103. The third-order valence-electron chi connectivity index (χ3n) is 4.48. The van der Waals surface area contributed by atoms with Crippen LogP contribution < -0.4 is 5.32 Å². The Kier molecular flexibility index (Phi) is 4.83. The molecule has 2 saturated heterocycles. The first-order chi connectivity index (χ1) is 8.24. The van der Waals surface area contributed by atoms with E-state index in [-0.39, 0.29) is 0 Å². The molecule has 0 radical (unpaired) electrons. The van der Waals surface area contributed by atoms with E-state index in [0.717, 1.165) is 19.1 Å². The summed E-state index contributed by atoms with van der Waals surface area (Å²) in [6.07, 6.45) is 5.03. The van der Waals surface area contributed by atoms with E-state index in [4.69, 9.17) is 4.74 Å². The molecule has 2 aliphatic rings. The van der Waals surface area contributed by atoms with E-state index < -0.39 is 0 Å². The van der Waals surface area contributed by atoms with Crippen LogP contribution in [0.5, 0.6) is 0 Å². The molecular weight excluding hydrogens is 212 g/mol. The molecule has 0 aromatic carbocycles. The summed E-state index contributed by atoms with van der Waals surface area (Å²) < 4.78 is 5.49. The van der Waals surface area contributed by atoms with Crippen molar-refractivity contribution >= 4 is 0 Å². The van der Waals surface area contributed by atoms with Crippen LogP contribution in [0.4, 0.5) is 0 Å². The maximum Gasteiger partial charge on any atom is 0.0483 e. The van der Waals surface area contributed by atoms with Crippen LogP contribution in [0.3, 0.4) is 0 Å². The van der Waals surface area contributed by atoms with Gasteiger partial charge in [-0.3, -0.25) is 4.90 Å². The molecule has 0 bridgehead atoms. The van der Waals surface area contributed by atoms with Gasteiger partial charge in [0.1, 0.15) is 0 Å². The molecule has 1 unspecified atom stereocenters. The summed E-state index contributed by atoms with van der Waals surface area (Å²) in [4.78, 5) is 2.72. The highest BCUT2D eigenvalue weighted by molar-refractivity contribution is 4.92. The van der Waals surface area contributed by atoms with E-state index in [9.17, 15) is 0 Å². The van der Waals surface area contributed by atoms with Crippen molar-refractivity contribution in [3.05, 3.63) is 0 Å². The Morgan fingerprint density at radius 3 is 2.82 bits per heavy atom. The first kappa shape index (κ1) is 13.3. The number of nitrogens with one attached hydrogen (secondary N) is 1. The van der Waals surface area contributed by atoms with Crippen molar-refractivity contribution in [2.75, 3.05) is 39.4 Å². The normalized spacial score (nSPS) is 29.6. The number of hydrogen-bond donors (Lipinski definition) is 1. The Morgan fingerprint density at radius 1 is 1.35 bits per heavy atom. The van der Waals surface area contributed by atoms with Gasteiger partial charge in [-0.15, -0.1) is 0 Å². The second kappa shape index (κ2) is 6.17. The standard InChI is InChI=1S/C14H28N2O/c1-3-7-15-11-13-4-8-16(12-13)14(2)5-9-17-10-6-14/h13,15H,3-12H2,1-2H3. The van der Waals surface area contributed by atoms with Crippen molar-refractivity contribution in [3.8, 4) is 0 Å². The molecule has 0 aromatic rings. The molecule has 0 aromatic heterocycles. The van der Waals surface area contributed by atoms with Gasteiger partial charge in [0.2, 0.25) is 0 Å². The van der Waals surface area contributed by atoms with E-state index >= 15 is 0 Å². The molecule has 100 valence electrons. The zero-order valence-electron chi connectivity index (χ0n) is 11.5. The Hall–Kier alpha value is -0.120. The van der Waals surface area contributed by atoms with E-state index in [1.165, 1.54) is 51.9 Å². The van der Waals surface area contributed by atoms with Crippen LogP contribution in [-0.2, 0) is 4.74 Å². The molecule has 2 aliphatic heterocycles. The van der Waals surface area contributed by atoms with Crippen LogP contribution in [0.15, 0.2) is 0 Å². The van der Waals surface area contributed by atoms with E-state index in [1.807, 2.05) is 0 Å². The van der Waals surface area contributed by atoms with Gasteiger partial charge in [-0.1, -0.05) is 6.92 Å². The third-order valence-corrected chi connectivity index (χ3v) is 4.48. The van der Waals surface area contributed by atoms with Gasteiger partial charge in [-0.25, -0.2) is 0 Å². The first-order valence-electron chi connectivity index (χ1n) is 7.28. The van der Waals surface area contributed by atoms with Gasteiger partial charge in [0, 0.05) is 25.3 Å². The minimum atomic E-state index is 0.414. The Bertz CT molecular complexity index is 226. The van der Waals surface area contributed by atoms with E-state index in [0.29, 0.717) is 5.54 Å². The summed E-state index contributed by atoms with van der Waals surface area (Å²) in [6.45, 7) is 11.5. The van der Waals surface area contributed by atoms with Gasteiger partial charge in [-0.2, -0.15) is 0 Å². The van der Waals surface area contributed by atoms with Crippen molar-refractivity contribution in [2.24, 2.45) is 5.92 Å². The highest BCUT2D eigenvalue weighted by Gasteiger charge is 2.37. The fourth-order valence-corrected chi connectivity index (χ4v) is 3.10. The zero-order valence-corrected chi connectivity index (χ0v) is 11.5. The lowest BCUT2D eigenvalue weighted by Crippen LogP contribution is -2.49. The Labute approximate surface area is 106 Å². The highest BCUT2D eigenvalue weighted by atomic mass is 16.5. The topological polar surface area (TPSA) is 24.5 Å². The number of nitrogens with zero attached hydrogens (tertiary/aromatic N) is 1. The second-order valence-corrected chi connectivity index (χ2v) is 5.91. The average Bonchev–Trinajstić information content (AvgIpc) is 2.80. The molecule has 17 heavy (non-hydrogen) atoms. The summed E-state index contributed by atoms with van der Waals surface area (Å²) >= 11 is 0. The van der Waals surface area contributed by atoms with Gasteiger partial charge in [0.15, 0.2) is 0 Å².